The average molecular weight is 272 g/mol. The Hall–Kier alpha value is -1.01. The van der Waals surface area contributed by atoms with E-state index >= 15 is 0 Å². The second kappa shape index (κ2) is 4.02. The average Bonchev–Trinajstić information content (AvgIpc) is 2.77. The molecule has 0 aliphatic rings. The number of aldehydes is 1. The zero-order valence-electron chi connectivity index (χ0n) is 7.05. The molecule has 0 aromatic carbocycles. The SMILES string of the molecule is O=Cc1cn(Cc2sccc2Br)nn1. The van der Waals surface area contributed by atoms with Gasteiger partial charge < -0.3 is 0 Å². The number of aromatic nitrogens is 3. The molecule has 0 amide bonds. The molecule has 0 spiro atoms. The molecule has 0 radical (unpaired) electrons. The van der Waals surface area contributed by atoms with Crippen LogP contribution in [0.2, 0.25) is 0 Å². The summed E-state index contributed by atoms with van der Waals surface area (Å²) in [6, 6.07) is 1.98. The highest BCUT2D eigenvalue weighted by Gasteiger charge is 2.04. The summed E-state index contributed by atoms with van der Waals surface area (Å²) in [6.07, 6.45) is 2.31. The molecule has 4 nitrogen and oxygen atoms in total. The van der Waals surface area contributed by atoms with E-state index in [9.17, 15) is 4.79 Å². The molecule has 0 saturated heterocycles. The second-order valence-corrected chi connectivity index (χ2v) is 4.51. The number of carbonyl (C=O) groups excluding carboxylic acids is 1. The summed E-state index contributed by atoms with van der Waals surface area (Å²) < 4.78 is 2.70. The second-order valence-electron chi connectivity index (χ2n) is 2.65. The van der Waals surface area contributed by atoms with Crippen LogP contribution in [0.25, 0.3) is 0 Å². The lowest BCUT2D eigenvalue weighted by atomic mass is 10.4. The quantitative estimate of drug-likeness (QED) is 0.802. The standard InChI is InChI=1S/C8H6BrN3OS/c9-7-1-2-14-8(7)4-12-3-6(5-13)10-11-12/h1-3,5H,4H2. The summed E-state index contributed by atoms with van der Waals surface area (Å²) >= 11 is 5.06. The first kappa shape index (κ1) is 9.54. The summed E-state index contributed by atoms with van der Waals surface area (Å²) in [7, 11) is 0. The number of carbonyl (C=O) groups is 1. The smallest absolute Gasteiger partial charge is 0.171 e. The molecular weight excluding hydrogens is 266 g/mol. The molecule has 0 bridgehead atoms. The molecule has 0 aliphatic heterocycles. The fraction of sp³-hybridized carbons (Fsp3) is 0.125. The number of hydrogen-bond acceptors (Lipinski definition) is 4. The Labute approximate surface area is 92.7 Å². The molecule has 0 fully saturated rings. The maximum absolute atomic E-state index is 10.4. The van der Waals surface area contributed by atoms with E-state index in [1.54, 1.807) is 22.2 Å². The van der Waals surface area contributed by atoms with Crippen LogP contribution >= 0.6 is 27.3 Å². The van der Waals surface area contributed by atoms with Crippen molar-refractivity contribution in [2.24, 2.45) is 0 Å². The molecule has 2 aromatic heterocycles. The van der Waals surface area contributed by atoms with Gasteiger partial charge in [-0.3, -0.25) is 4.79 Å². The minimum absolute atomic E-state index is 0.359. The zero-order chi connectivity index (χ0) is 9.97. The maximum Gasteiger partial charge on any atom is 0.171 e. The van der Waals surface area contributed by atoms with Crippen molar-refractivity contribution in [3.63, 3.8) is 0 Å². The van der Waals surface area contributed by atoms with Gasteiger partial charge in [-0.15, -0.1) is 16.4 Å². The van der Waals surface area contributed by atoms with Gasteiger partial charge in [0.15, 0.2) is 6.29 Å². The minimum atomic E-state index is 0.359. The van der Waals surface area contributed by atoms with E-state index in [-0.39, 0.29) is 0 Å². The molecular formula is C8H6BrN3OS. The molecule has 2 heterocycles. The molecule has 0 saturated carbocycles. The maximum atomic E-state index is 10.4. The van der Waals surface area contributed by atoms with Gasteiger partial charge >= 0.3 is 0 Å². The van der Waals surface area contributed by atoms with E-state index in [1.165, 1.54) is 0 Å². The van der Waals surface area contributed by atoms with Gasteiger partial charge in [0.1, 0.15) is 5.69 Å². The Morgan fingerprint density at radius 1 is 1.64 bits per heavy atom. The summed E-state index contributed by atoms with van der Waals surface area (Å²) in [5.74, 6) is 0. The highest BCUT2D eigenvalue weighted by atomic mass is 79.9. The van der Waals surface area contributed by atoms with Gasteiger partial charge in [0.05, 0.1) is 12.7 Å². The lowest BCUT2D eigenvalue weighted by Crippen LogP contribution is -1.98. The molecule has 14 heavy (non-hydrogen) atoms. The molecule has 0 unspecified atom stereocenters. The van der Waals surface area contributed by atoms with E-state index in [0.717, 1.165) is 9.35 Å². The third kappa shape index (κ3) is 1.91. The fourth-order valence-corrected chi connectivity index (χ4v) is 2.50. The van der Waals surface area contributed by atoms with Gasteiger partial charge in [-0.2, -0.15) is 0 Å². The van der Waals surface area contributed by atoms with Gasteiger partial charge in [-0.05, 0) is 27.4 Å². The number of halogens is 1. The van der Waals surface area contributed by atoms with Gasteiger partial charge in [-0.1, -0.05) is 5.21 Å². The van der Waals surface area contributed by atoms with Crippen LogP contribution in [0.3, 0.4) is 0 Å². The predicted octanol–water partition coefficient (Wildman–Crippen LogP) is 1.96. The van der Waals surface area contributed by atoms with Crippen molar-refractivity contribution in [1.29, 1.82) is 0 Å². The summed E-state index contributed by atoms with van der Waals surface area (Å²) in [4.78, 5) is 11.5. The normalized spacial score (nSPS) is 10.4. The summed E-state index contributed by atoms with van der Waals surface area (Å²) in [5, 5.41) is 9.50. The minimum Gasteiger partial charge on any atom is -0.296 e. The Balaban J connectivity index is 2.18. The highest BCUT2D eigenvalue weighted by Crippen LogP contribution is 2.23. The fourth-order valence-electron chi connectivity index (χ4n) is 1.03. The van der Waals surface area contributed by atoms with E-state index < -0.39 is 0 Å². The van der Waals surface area contributed by atoms with Gasteiger partial charge in [0.2, 0.25) is 0 Å². The Bertz CT molecular complexity index is 451. The van der Waals surface area contributed by atoms with Crippen molar-refractivity contribution >= 4 is 33.6 Å². The van der Waals surface area contributed by atoms with Crippen molar-refractivity contribution in [2.45, 2.75) is 6.54 Å². The Morgan fingerprint density at radius 2 is 2.50 bits per heavy atom. The molecule has 2 rings (SSSR count). The van der Waals surface area contributed by atoms with Crippen LogP contribution in [0.1, 0.15) is 15.4 Å². The molecule has 0 aliphatic carbocycles. The van der Waals surface area contributed by atoms with Crippen molar-refractivity contribution in [3.05, 3.63) is 32.7 Å². The molecule has 0 atom stereocenters. The van der Waals surface area contributed by atoms with Gasteiger partial charge in [0.25, 0.3) is 0 Å². The van der Waals surface area contributed by atoms with Crippen molar-refractivity contribution in [2.75, 3.05) is 0 Å². The van der Waals surface area contributed by atoms with Crippen LogP contribution in [-0.4, -0.2) is 21.3 Å². The number of rotatable bonds is 3. The van der Waals surface area contributed by atoms with Crippen LogP contribution in [0.4, 0.5) is 0 Å². The van der Waals surface area contributed by atoms with E-state index in [2.05, 4.69) is 26.2 Å². The highest BCUT2D eigenvalue weighted by molar-refractivity contribution is 9.10. The van der Waals surface area contributed by atoms with Gasteiger partial charge in [-0.25, -0.2) is 4.68 Å². The molecule has 6 heteroatoms. The molecule has 0 N–H and O–H groups in total. The van der Waals surface area contributed by atoms with Gasteiger partial charge in [0, 0.05) is 9.35 Å². The molecule has 2 aromatic rings. The lowest BCUT2D eigenvalue weighted by Gasteiger charge is -1.96. The number of nitrogens with zero attached hydrogens (tertiary/aromatic N) is 3. The molecule has 72 valence electrons. The van der Waals surface area contributed by atoms with Crippen molar-refractivity contribution in [3.8, 4) is 0 Å². The number of hydrogen-bond donors (Lipinski definition) is 0. The van der Waals surface area contributed by atoms with Crippen LogP contribution in [0, 0.1) is 0 Å². The van der Waals surface area contributed by atoms with Crippen LogP contribution in [-0.2, 0) is 6.54 Å². The largest absolute Gasteiger partial charge is 0.296 e. The Morgan fingerprint density at radius 3 is 3.07 bits per heavy atom. The van der Waals surface area contributed by atoms with Crippen LogP contribution < -0.4 is 0 Å². The van der Waals surface area contributed by atoms with E-state index in [1.807, 2.05) is 11.4 Å². The van der Waals surface area contributed by atoms with Crippen molar-refractivity contribution < 1.29 is 4.79 Å². The van der Waals surface area contributed by atoms with E-state index in [0.29, 0.717) is 18.5 Å². The summed E-state index contributed by atoms with van der Waals surface area (Å²) in [5.41, 5.74) is 0.359. The van der Waals surface area contributed by atoms with E-state index in [4.69, 9.17) is 0 Å². The third-order valence-corrected chi connectivity index (χ3v) is 3.58. The lowest BCUT2D eigenvalue weighted by molar-refractivity contribution is 0.111. The first-order valence-corrected chi connectivity index (χ1v) is 5.54. The summed E-state index contributed by atoms with van der Waals surface area (Å²) in [6.45, 7) is 0.638. The first-order chi connectivity index (χ1) is 6.79. The van der Waals surface area contributed by atoms with Crippen LogP contribution in [0.5, 0.6) is 0 Å². The Kier molecular flexibility index (Phi) is 2.74. The predicted molar refractivity (Wildman–Crippen MR) is 56.5 cm³/mol. The third-order valence-electron chi connectivity index (χ3n) is 1.67. The van der Waals surface area contributed by atoms with Crippen molar-refractivity contribution in [1.82, 2.24) is 15.0 Å². The zero-order valence-corrected chi connectivity index (χ0v) is 9.46. The number of thiophene rings is 1. The first-order valence-electron chi connectivity index (χ1n) is 3.87. The monoisotopic (exact) mass is 271 g/mol. The topological polar surface area (TPSA) is 47.8 Å². The van der Waals surface area contributed by atoms with Crippen LogP contribution in [0.15, 0.2) is 22.1 Å².